The number of piperidine rings is 1. The smallest absolute Gasteiger partial charge is 0.231 e. The van der Waals surface area contributed by atoms with E-state index in [4.69, 9.17) is 21.1 Å². The Hall–Kier alpha value is -2.04. The highest BCUT2D eigenvalue weighted by atomic mass is 35.5. The van der Waals surface area contributed by atoms with Crippen LogP contribution in [0, 0.1) is 0 Å². The number of fused-ring (bicyclic) bond motifs is 1. The summed E-state index contributed by atoms with van der Waals surface area (Å²) in [5.74, 6) is 1.76. The maximum Gasteiger partial charge on any atom is 0.231 e. The van der Waals surface area contributed by atoms with Gasteiger partial charge in [0.25, 0.3) is 0 Å². The van der Waals surface area contributed by atoms with Gasteiger partial charge in [0.15, 0.2) is 17.3 Å². The molecule has 136 valence electrons. The van der Waals surface area contributed by atoms with Gasteiger partial charge in [0, 0.05) is 31.6 Å². The highest BCUT2D eigenvalue weighted by Crippen LogP contribution is 2.36. The zero-order valence-corrected chi connectivity index (χ0v) is 15.4. The van der Waals surface area contributed by atoms with Gasteiger partial charge in [0.1, 0.15) is 0 Å². The standard InChI is InChI=1S/C21H22ClNO3/c22-21(13-18(24)17-4-2-1-3-5-17)8-10-23(11-9-21)14-16-6-7-19-20(12-16)26-15-25-19/h1-7,12H,8-11,13-15H2. The Kier molecular flexibility index (Phi) is 4.88. The van der Waals surface area contributed by atoms with E-state index in [1.807, 2.05) is 42.5 Å². The molecule has 4 rings (SSSR count). The third-order valence-corrected chi connectivity index (χ3v) is 5.68. The Morgan fingerprint density at radius 1 is 1.04 bits per heavy atom. The monoisotopic (exact) mass is 371 g/mol. The first-order chi connectivity index (χ1) is 12.6. The molecule has 2 aliphatic heterocycles. The average Bonchev–Trinajstić information content (AvgIpc) is 3.12. The van der Waals surface area contributed by atoms with Crippen molar-refractivity contribution in [3.63, 3.8) is 0 Å². The molecule has 0 atom stereocenters. The lowest BCUT2D eigenvalue weighted by molar-refractivity contribution is 0.0941. The van der Waals surface area contributed by atoms with Crippen molar-refractivity contribution in [2.45, 2.75) is 30.7 Å². The fraction of sp³-hybridized carbons (Fsp3) is 0.381. The lowest BCUT2D eigenvalue weighted by Crippen LogP contribution is -2.41. The number of alkyl halides is 1. The van der Waals surface area contributed by atoms with Crippen LogP contribution in [0.5, 0.6) is 11.5 Å². The maximum absolute atomic E-state index is 12.5. The van der Waals surface area contributed by atoms with Gasteiger partial charge < -0.3 is 9.47 Å². The van der Waals surface area contributed by atoms with Gasteiger partial charge >= 0.3 is 0 Å². The number of benzene rings is 2. The zero-order chi connectivity index (χ0) is 18.0. The molecule has 4 nitrogen and oxygen atoms in total. The number of likely N-dealkylation sites (tertiary alicyclic amines) is 1. The van der Waals surface area contributed by atoms with Crippen LogP contribution < -0.4 is 9.47 Å². The number of rotatable bonds is 5. The normalized spacial score (nSPS) is 18.7. The van der Waals surface area contributed by atoms with Crippen molar-refractivity contribution in [2.24, 2.45) is 0 Å². The van der Waals surface area contributed by atoms with Crippen molar-refractivity contribution in [3.8, 4) is 11.5 Å². The number of hydrogen-bond donors (Lipinski definition) is 0. The number of halogens is 1. The van der Waals surface area contributed by atoms with Gasteiger partial charge in [-0.25, -0.2) is 0 Å². The Bertz CT molecular complexity index is 785. The topological polar surface area (TPSA) is 38.8 Å². The Balaban J connectivity index is 1.32. The van der Waals surface area contributed by atoms with Crippen LogP contribution in [-0.2, 0) is 6.54 Å². The van der Waals surface area contributed by atoms with Crippen LogP contribution in [0.2, 0.25) is 0 Å². The number of ketones is 1. The molecule has 1 saturated heterocycles. The molecule has 5 heteroatoms. The predicted octanol–water partition coefficient (Wildman–Crippen LogP) is 4.26. The second-order valence-electron chi connectivity index (χ2n) is 7.08. The molecule has 2 heterocycles. The first-order valence-corrected chi connectivity index (χ1v) is 9.37. The predicted molar refractivity (Wildman–Crippen MR) is 101 cm³/mol. The molecule has 2 aromatic rings. The zero-order valence-electron chi connectivity index (χ0n) is 14.6. The summed E-state index contributed by atoms with van der Waals surface area (Å²) >= 11 is 6.78. The van der Waals surface area contributed by atoms with Crippen molar-refractivity contribution in [1.82, 2.24) is 4.90 Å². The SMILES string of the molecule is O=C(CC1(Cl)CCN(Cc2ccc3c(c2)OCO3)CC1)c1ccccc1. The van der Waals surface area contributed by atoms with Crippen LogP contribution in [0.3, 0.4) is 0 Å². The molecule has 0 bridgehead atoms. The summed E-state index contributed by atoms with van der Waals surface area (Å²) in [7, 11) is 0. The van der Waals surface area contributed by atoms with Crippen LogP contribution in [0.1, 0.15) is 35.2 Å². The Labute approximate surface area is 158 Å². The minimum atomic E-state index is -0.432. The van der Waals surface area contributed by atoms with Gasteiger partial charge in [0.05, 0.1) is 4.87 Å². The van der Waals surface area contributed by atoms with Crippen molar-refractivity contribution in [1.29, 1.82) is 0 Å². The van der Waals surface area contributed by atoms with E-state index in [1.54, 1.807) is 0 Å². The molecule has 2 aliphatic rings. The van der Waals surface area contributed by atoms with Gasteiger partial charge in [-0.3, -0.25) is 9.69 Å². The molecule has 0 aliphatic carbocycles. The van der Waals surface area contributed by atoms with Crippen LogP contribution in [0.15, 0.2) is 48.5 Å². The minimum absolute atomic E-state index is 0.129. The summed E-state index contributed by atoms with van der Waals surface area (Å²) in [5.41, 5.74) is 1.95. The average molecular weight is 372 g/mol. The molecular formula is C21H22ClNO3. The Morgan fingerprint density at radius 3 is 2.54 bits per heavy atom. The second-order valence-corrected chi connectivity index (χ2v) is 7.88. The number of hydrogen-bond acceptors (Lipinski definition) is 4. The van der Waals surface area contributed by atoms with E-state index in [0.717, 1.165) is 49.5 Å². The maximum atomic E-state index is 12.5. The first-order valence-electron chi connectivity index (χ1n) is 8.99. The molecule has 26 heavy (non-hydrogen) atoms. The summed E-state index contributed by atoms with van der Waals surface area (Å²) in [6.45, 7) is 2.93. The third-order valence-electron chi connectivity index (χ3n) is 5.17. The molecule has 0 saturated carbocycles. The largest absolute Gasteiger partial charge is 0.454 e. The lowest BCUT2D eigenvalue weighted by atomic mass is 9.88. The van der Waals surface area contributed by atoms with E-state index in [-0.39, 0.29) is 5.78 Å². The molecule has 0 radical (unpaired) electrons. The number of Topliss-reactive ketones (excluding diaryl/α,β-unsaturated/α-hetero) is 1. The van der Waals surface area contributed by atoms with Crippen LogP contribution >= 0.6 is 11.6 Å². The number of nitrogens with zero attached hydrogens (tertiary/aromatic N) is 1. The van der Waals surface area contributed by atoms with Crippen LogP contribution in [-0.4, -0.2) is 35.4 Å². The van der Waals surface area contributed by atoms with Gasteiger partial charge in [-0.05, 0) is 30.5 Å². The van der Waals surface area contributed by atoms with Crippen LogP contribution in [0.4, 0.5) is 0 Å². The van der Waals surface area contributed by atoms with E-state index in [9.17, 15) is 4.79 Å². The number of carbonyl (C=O) groups is 1. The minimum Gasteiger partial charge on any atom is -0.454 e. The summed E-state index contributed by atoms with van der Waals surface area (Å²) in [4.78, 5) is 14.4. The van der Waals surface area contributed by atoms with Gasteiger partial charge in [-0.1, -0.05) is 36.4 Å². The van der Waals surface area contributed by atoms with E-state index in [1.165, 1.54) is 5.56 Å². The van der Waals surface area contributed by atoms with Crippen molar-refractivity contribution in [2.75, 3.05) is 19.9 Å². The van der Waals surface area contributed by atoms with Crippen molar-refractivity contribution < 1.29 is 14.3 Å². The summed E-state index contributed by atoms with van der Waals surface area (Å²) < 4.78 is 10.8. The number of ether oxygens (including phenoxy) is 2. The van der Waals surface area contributed by atoms with Gasteiger partial charge in [-0.15, -0.1) is 11.6 Å². The molecule has 0 N–H and O–H groups in total. The van der Waals surface area contributed by atoms with E-state index < -0.39 is 4.87 Å². The third kappa shape index (κ3) is 3.87. The summed E-state index contributed by atoms with van der Waals surface area (Å²) in [6.07, 6.45) is 2.03. The fourth-order valence-corrected chi connectivity index (χ4v) is 3.89. The van der Waals surface area contributed by atoms with Crippen LogP contribution in [0.25, 0.3) is 0 Å². The summed E-state index contributed by atoms with van der Waals surface area (Å²) in [6, 6.07) is 15.5. The molecule has 2 aromatic carbocycles. The quantitative estimate of drug-likeness (QED) is 0.581. The van der Waals surface area contributed by atoms with E-state index >= 15 is 0 Å². The molecule has 0 aromatic heterocycles. The van der Waals surface area contributed by atoms with Gasteiger partial charge in [-0.2, -0.15) is 0 Å². The Morgan fingerprint density at radius 2 is 1.77 bits per heavy atom. The molecule has 1 fully saturated rings. The highest BCUT2D eigenvalue weighted by Gasteiger charge is 2.34. The van der Waals surface area contributed by atoms with E-state index in [2.05, 4.69) is 11.0 Å². The van der Waals surface area contributed by atoms with Crippen molar-refractivity contribution >= 4 is 17.4 Å². The molecular weight excluding hydrogens is 350 g/mol. The van der Waals surface area contributed by atoms with Gasteiger partial charge in [0.2, 0.25) is 6.79 Å². The molecule has 0 amide bonds. The fourth-order valence-electron chi connectivity index (χ4n) is 3.60. The van der Waals surface area contributed by atoms with Crippen molar-refractivity contribution in [3.05, 3.63) is 59.7 Å². The lowest BCUT2D eigenvalue weighted by Gasteiger charge is -2.37. The summed E-state index contributed by atoms with van der Waals surface area (Å²) in [5, 5.41) is 0. The first kappa shape index (κ1) is 17.4. The van der Waals surface area contributed by atoms with E-state index in [0.29, 0.717) is 13.2 Å². The second kappa shape index (κ2) is 7.29. The molecule has 0 spiro atoms. The molecule has 0 unspecified atom stereocenters. The highest BCUT2D eigenvalue weighted by molar-refractivity contribution is 6.25. The number of carbonyl (C=O) groups excluding carboxylic acids is 1.